The Balaban J connectivity index is 1.58. The van der Waals surface area contributed by atoms with Crippen molar-refractivity contribution < 1.29 is 27.1 Å². The third kappa shape index (κ3) is 5.16. The summed E-state index contributed by atoms with van der Waals surface area (Å²) in [7, 11) is 1.74. The molecule has 35 heavy (non-hydrogen) atoms. The van der Waals surface area contributed by atoms with E-state index >= 15 is 0 Å². The van der Waals surface area contributed by atoms with E-state index in [9.17, 15) is 22.4 Å². The number of alkyl halides is 4. The molecule has 4 aromatic rings. The number of hydrogen-bond acceptors (Lipinski definition) is 5. The fraction of sp³-hybridized carbons (Fsp3) is 0.160. The van der Waals surface area contributed by atoms with Crippen LogP contribution in [0.2, 0.25) is 0 Å². The van der Waals surface area contributed by atoms with Crippen LogP contribution in [0.3, 0.4) is 0 Å². The Morgan fingerprint density at radius 3 is 2.57 bits per heavy atom. The lowest BCUT2D eigenvalue weighted by Crippen LogP contribution is -2.33. The number of benzene rings is 3. The quantitative estimate of drug-likeness (QED) is 0.309. The van der Waals surface area contributed by atoms with Crippen molar-refractivity contribution in [3.8, 4) is 16.9 Å². The Hall–Kier alpha value is -4.21. The van der Waals surface area contributed by atoms with Gasteiger partial charge in [0.2, 0.25) is 5.95 Å². The summed E-state index contributed by atoms with van der Waals surface area (Å²) in [5.41, 5.74) is 3.76. The van der Waals surface area contributed by atoms with Gasteiger partial charge >= 0.3 is 12.5 Å². The molecule has 0 saturated carbocycles. The normalized spacial score (nSPS) is 11.5. The first-order valence-corrected chi connectivity index (χ1v) is 10.5. The summed E-state index contributed by atoms with van der Waals surface area (Å²) in [6.45, 7) is 1.83. The van der Waals surface area contributed by atoms with Crippen molar-refractivity contribution in [2.24, 2.45) is 0 Å². The number of halogens is 4. The van der Waals surface area contributed by atoms with Crippen molar-refractivity contribution in [3.63, 3.8) is 0 Å². The molecule has 0 aliphatic rings. The molecule has 0 aliphatic heterocycles. The zero-order chi connectivity index (χ0) is 25.2. The number of aromatic nitrogens is 2. The van der Waals surface area contributed by atoms with E-state index in [0.717, 1.165) is 39.7 Å². The summed E-state index contributed by atoms with van der Waals surface area (Å²) in [4.78, 5) is 21.4. The van der Waals surface area contributed by atoms with Crippen LogP contribution in [-0.2, 0) is 0 Å². The van der Waals surface area contributed by atoms with Crippen LogP contribution >= 0.6 is 0 Å². The number of hydrogen-bond donors (Lipinski definition) is 2. The third-order valence-corrected chi connectivity index (χ3v) is 5.30. The van der Waals surface area contributed by atoms with Crippen molar-refractivity contribution in [1.29, 1.82) is 0 Å². The van der Waals surface area contributed by atoms with E-state index in [1.54, 1.807) is 25.4 Å². The number of amides is 1. The van der Waals surface area contributed by atoms with Gasteiger partial charge in [-0.25, -0.2) is 9.97 Å². The van der Waals surface area contributed by atoms with Crippen LogP contribution < -0.4 is 15.4 Å². The fourth-order valence-corrected chi connectivity index (χ4v) is 3.50. The summed E-state index contributed by atoms with van der Waals surface area (Å²) in [6.07, 6.45) is -6.96. The lowest BCUT2D eigenvalue weighted by Gasteiger charge is -2.17. The first-order chi connectivity index (χ1) is 16.7. The molecule has 0 fully saturated rings. The first-order valence-electron chi connectivity index (χ1n) is 10.5. The van der Waals surface area contributed by atoms with Gasteiger partial charge < -0.3 is 15.4 Å². The minimum absolute atomic E-state index is 0.0273. The van der Waals surface area contributed by atoms with Crippen LogP contribution in [0.1, 0.15) is 15.9 Å². The standard InChI is InChI=1S/C25H20F4N4O2/c1-14-19(15-9-10-21-17(11-15)13-31-24(30-2)33-21)7-4-8-20(14)32-22(34)16-5-3-6-18(12-16)35-25(28,29)23(26)27/h3-13,23H,1-2H3,(H,32,34)(H,30,31,33). The maximum Gasteiger partial charge on any atom is 0.461 e. The summed E-state index contributed by atoms with van der Waals surface area (Å²) < 4.78 is 55.4. The Morgan fingerprint density at radius 1 is 1.06 bits per heavy atom. The zero-order valence-corrected chi connectivity index (χ0v) is 18.7. The lowest BCUT2D eigenvalue weighted by molar-refractivity contribution is -0.253. The highest BCUT2D eigenvalue weighted by Crippen LogP contribution is 2.31. The number of nitrogens with one attached hydrogen (secondary N) is 2. The van der Waals surface area contributed by atoms with Gasteiger partial charge in [-0.2, -0.15) is 17.6 Å². The monoisotopic (exact) mass is 484 g/mol. The average molecular weight is 484 g/mol. The first kappa shape index (κ1) is 23.9. The highest BCUT2D eigenvalue weighted by molar-refractivity contribution is 6.05. The van der Waals surface area contributed by atoms with Crippen molar-refractivity contribution >= 4 is 28.4 Å². The zero-order valence-electron chi connectivity index (χ0n) is 18.7. The summed E-state index contributed by atoms with van der Waals surface area (Å²) in [5, 5.41) is 6.47. The molecule has 0 atom stereocenters. The molecule has 1 amide bonds. The van der Waals surface area contributed by atoms with E-state index in [1.165, 1.54) is 12.1 Å². The average Bonchev–Trinajstić information content (AvgIpc) is 2.84. The van der Waals surface area contributed by atoms with Gasteiger partial charge in [0.15, 0.2) is 0 Å². The van der Waals surface area contributed by atoms with Crippen molar-refractivity contribution in [3.05, 3.63) is 78.0 Å². The van der Waals surface area contributed by atoms with Crippen LogP contribution in [0.25, 0.3) is 22.0 Å². The number of rotatable bonds is 7. The minimum Gasteiger partial charge on any atom is -0.428 e. The SMILES string of the molecule is CNc1ncc2cc(-c3cccc(NC(=O)c4cccc(OC(F)(F)C(F)F)c4)c3C)ccc2n1. The predicted molar refractivity (Wildman–Crippen MR) is 125 cm³/mol. The van der Waals surface area contributed by atoms with E-state index < -0.39 is 24.2 Å². The molecule has 4 rings (SSSR count). The van der Waals surface area contributed by atoms with E-state index in [1.807, 2.05) is 31.2 Å². The van der Waals surface area contributed by atoms with Gasteiger partial charge in [0.05, 0.1) is 5.52 Å². The second-order valence-electron chi connectivity index (χ2n) is 7.64. The van der Waals surface area contributed by atoms with Crippen LogP contribution in [0.5, 0.6) is 5.75 Å². The molecule has 1 aromatic heterocycles. The summed E-state index contributed by atoms with van der Waals surface area (Å²) in [6, 6.07) is 15.8. The number of nitrogens with zero attached hydrogens (tertiary/aromatic N) is 2. The van der Waals surface area contributed by atoms with Crippen molar-refractivity contribution in [2.45, 2.75) is 19.5 Å². The van der Waals surface area contributed by atoms with Gasteiger partial charge in [-0.05, 0) is 60.0 Å². The molecule has 3 aromatic carbocycles. The number of anilines is 2. The Bertz CT molecular complexity index is 1400. The highest BCUT2D eigenvalue weighted by atomic mass is 19.3. The maximum absolute atomic E-state index is 13.2. The Labute approximate surface area is 198 Å². The summed E-state index contributed by atoms with van der Waals surface area (Å²) >= 11 is 0. The van der Waals surface area contributed by atoms with Crippen LogP contribution in [0.15, 0.2) is 66.9 Å². The second-order valence-corrected chi connectivity index (χ2v) is 7.64. The van der Waals surface area contributed by atoms with Crippen LogP contribution in [0, 0.1) is 6.92 Å². The minimum atomic E-state index is -4.67. The largest absolute Gasteiger partial charge is 0.461 e. The smallest absolute Gasteiger partial charge is 0.428 e. The number of fused-ring (bicyclic) bond motifs is 1. The molecule has 0 unspecified atom stereocenters. The lowest BCUT2D eigenvalue weighted by atomic mass is 9.98. The molecule has 0 bridgehead atoms. The van der Waals surface area contributed by atoms with E-state index in [0.29, 0.717) is 11.6 Å². The molecule has 2 N–H and O–H groups in total. The van der Waals surface area contributed by atoms with Gasteiger partial charge in [-0.3, -0.25) is 4.79 Å². The third-order valence-electron chi connectivity index (χ3n) is 5.30. The van der Waals surface area contributed by atoms with Gasteiger partial charge in [-0.1, -0.05) is 24.3 Å². The number of ether oxygens (including phenoxy) is 1. The van der Waals surface area contributed by atoms with E-state index in [2.05, 4.69) is 25.3 Å². The summed E-state index contributed by atoms with van der Waals surface area (Å²) in [5.74, 6) is -0.644. The van der Waals surface area contributed by atoms with E-state index in [4.69, 9.17) is 0 Å². The van der Waals surface area contributed by atoms with Crippen LogP contribution in [-0.4, -0.2) is 35.5 Å². The fourth-order valence-electron chi connectivity index (χ4n) is 3.50. The molecule has 180 valence electrons. The number of carbonyl (C=O) groups is 1. The van der Waals surface area contributed by atoms with Gasteiger partial charge in [-0.15, -0.1) is 0 Å². The second kappa shape index (κ2) is 9.57. The predicted octanol–water partition coefficient (Wildman–Crippen LogP) is 6.14. The van der Waals surface area contributed by atoms with Gasteiger partial charge in [0.25, 0.3) is 5.91 Å². The molecule has 0 aliphatic carbocycles. The highest BCUT2D eigenvalue weighted by Gasteiger charge is 2.44. The Morgan fingerprint density at radius 2 is 1.83 bits per heavy atom. The van der Waals surface area contributed by atoms with Gasteiger partial charge in [0.1, 0.15) is 5.75 Å². The maximum atomic E-state index is 13.2. The Kier molecular flexibility index (Phi) is 6.54. The molecule has 0 saturated heterocycles. The molecular formula is C25H20F4N4O2. The van der Waals surface area contributed by atoms with Crippen LogP contribution in [0.4, 0.5) is 29.2 Å². The molecule has 10 heteroatoms. The number of carbonyl (C=O) groups excluding carboxylic acids is 1. The van der Waals surface area contributed by atoms with E-state index in [-0.39, 0.29) is 5.56 Å². The molecule has 0 spiro atoms. The van der Waals surface area contributed by atoms with Crippen molar-refractivity contribution in [1.82, 2.24) is 9.97 Å². The molecule has 6 nitrogen and oxygen atoms in total. The van der Waals surface area contributed by atoms with Crippen molar-refractivity contribution in [2.75, 3.05) is 17.7 Å². The molecule has 0 radical (unpaired) electrons. The molecular weight excluding hydrogens is 464 g/mol. The topological polar surface area (TPSA) is 76.1 Å². The molecule has 1 heterocycles. The van der Waals surface area contributed by atoms with Gasteiger partial charge in [0, 0.05) is 29.9 Å².